The molecular weight excluding hydrogens is 460 g/mol. The molecule has 0 atom stereocenters. The molecule has 1 N–H and O–H groups in total. The lowest BCUT2D eigenvalue weighted by molar-refractivity contribution is -0.131. The molecule has 1 aromatic carbocycles. The molecule has 1 fully saturated rings. The molecule has 2 aromatic heterocycles. The van der Waals surface area contributed by atoms with E-state index in [1.54, 1.807) is 13.0 Å². The number of hydrogen-bond acceptors (Lipinski definition) is 9. The van der Waals surface area contributed by atoms with Crippen molar-refractivity contribution in [3.63, 3.8) is 0 Å². The number of amides is 2. The number of benzene rings is 1. The van der Waals surface area contributed by atoms with E-state index in [9.17, 15) is 9.59 Å². The summed E-state index contributed by atoms with van der Waals surface area (Å²) in [6.45, 7) is 4.60. The molecule has 4 rings (SSSR count). The maximum atomic E-state index is 12.5. The lowest BCUT2D eigenvalue weighted by atomic mass is 10.1. The molecule has 0 unspecified atom stereocenters. The van der Waals surface area contributed by atoms with Crippen molar-refractivity contribution in [2.45, 2.75) is 30.5 Å². The summed E-state index contributed by atoms with van der Waals surface area (Å²) in [6.07, 6.45) is 2.36. The minimum Gasteiger partial charge on any atom is -0.360 e. The van der Waals surface area contributed by atoms with E-state index >= 15 is 0 Å². The molecule has 33 heavy (non-hydrogen) atoms. The van der Waals surface area contributed by atoms with Crippen LogP contribution in [0.15, 0.2) is 45.3 Å². The third kappa shape index (κ3) is 6.78. The van der Waals surface area contributed by atoms with Gasteiger partial charge in [-0.15, -0.1) is 10.2 Å². The largest absolute Gasteiger partial charge is 0.360 e. The molecule has 11 heteroatoms. The van der Waals surface area contributed by atoms with Crippen LogP contribution in [0.2, 0.25) is 0 Å². The van der Waals surface area contributed by atoms with Gasteiger partial charge in [-0.05, 0) is 25.3 Å². The van der Waals surface area contributed by atoms with Crippen molar-refractivity contribution in [3.05, 3.63) is 47.7 Å². The summed E-state index contributed by atoms with van der Waals surface area (Å²) in [7, 11) is 0. The molecule has 174 valence electrons. The Morgan fingerprint density at radius 1 is 1.15 bits per heavy atom. The Labute approximate surface area is 200 Å². The zero-order valence-corrected chi connectivity index (χ0v) is 20.0. The standard InChI is InChI=1S/C22H26N6O3S2/c1-16-14-18(26-31-16)23-19(29)15-32-22-25-24-21(33-22)28-12-10-27(11-13-28)20(30)9-5-8-17-6-3-2-4-7-17/h2-4,6-7,14H,5,8-13,15H2,1H3,(H,23,26,29). The molecule has 1 aliphatic rings. The van der Waals surface area contributed by atoms with Crippen molar-refractivity contribution >= 4 is 45.9 Å². The van der Waals surface area contributed by atoms with Gasteiger partial charge in [-0.3, -0.25) is 9.59 Å². The number of nitrogens with zero attached hydrogens (tertiary/aromatic N) is 5. The van der Waals surface area contributed by atoms with Crippen molar-refractivity contribution in [3.8, 4) is 0 Å². The molecule has 0 radical (unpaired) electrons. The van der Waals surface area contributed by atoms with Crippen LogP contribution in [0, 0.1) is 6.92 Å². The summed E-state index contributed by atoms with van der Waals surface area (Å²) < 4.78 is 5.67. The van der Waals surface area contributed by atoms with Crippen LogP contribution in [0.5, 0.6) is 0 Å². The van der Waals surface area contributed by atoms with Gasteiger partial charge in [0.1, 0.15) is 5.76 Å². The summed E-state index contributed by atoms with van der Waals surface area (Å²) in [6, 6.07) is 11.9. The van der Waals surface area contributed by atoms with Gasteiger partial charge in [0, 0.05) is 38.7 Å². The highest BCUT2D eigenvalue weighted by Crippen LogP contribution is 2.28. The summed E-state index contributed by atoms with van der Waals surface area (Å²) >= 11 is 2.80. The predicted octanol–water partition coefficient (Wildman–Crippen LogP) is 3.24. The Bertz CT molecular complexity index is 1060. The smallest absolute Gasteiger partial charge is 0.236 e. The third-order valence-corrected chi connectivity index (χ3v) is 7.34. The average Bonchev–Trinajstić information content (AvgIpc) is 3.47. The van der Waals surface area contributed by atoms with Crippen LogP contribution in [0.3, 0.4) is 0 Å². The molecular formula is C22H26N6O3S2. The fraction of sp³-hybridized carbons (Fsp3) is 0.409. The maximum absolute atomic E-state index is 12.5. The van der Waals surface area contributed by atoms with Gasteiger partial charge < -0.3 is 19.6 Å². The molecule has 2 amide bonds. The lowest BCUT2D eigenvalue weighted by Gasteiger charge is -2.34. The van der Waals surface area contributed by atoms with Crippen LogP contribution in [0.1, 0.15) is 24.2 Å². The van der Waals surface area contributed by atoms with Crippen LogP contribution in [0.4, 0.5) is 10.9 Å². The number of carbonyl (C=O) groups is 2. The lowest BCUT2D eigenvalue weighted by Crippen LogP contribution is -2.48. The monoisotopic (exact) mass is 486 g/mol. The van der Waals surface area contributed by atoms with Crippen LogP contribution in [-0.2, 0) is 16.0 Å². The fourth-order valence-electron chi connectivity index (χ4n) is 3.51. The highest BCUT2D eigenvalue weighted by molar-refractivity contribution is 8.01. The number of hydrogen-bond donors (Lipinski definition) is 1. The molecule has 0 bridgehead atoms. The Kier molecular flexibility index (Phi) is 7.95. The minimum absolute atomic E-state index is 0.176. The van der Waals surface area contributed by atoms with Crippen LogP contribution in [0.25, 0.3) is 0 Å². The first-order valence-corrected chi connectivity index (χ1v) is 12.6. The first kappa shape index (κ1) is 23.2. The number of thioether (sulfide) groups is 1. The van der Waals surface area contributed by atoms with Gasteiger partial charge >= 0.3 is 0 Å². The van der Waals surface area contributed by atoms with Gasteiger partial charge in [-0.25, -0.2) is 0 Å². The van der Waals surface area contributed by atoms with Crippen LogP contribution < -0.4 is 10.2 Å². The number of nitrogens with one attached hydrogen (secondary N) is 1. The number of aromatic nitrogens is 3. The van der Waals surface area contributed by atoms with E-state index in [4.69, 9.17) is 4.52 Å². The van der Waals surface area contributed by atoms with Crippen molar-refractivity contribution in [2.24, 2.45) is 0 Å². The Morgan fingerprint density at radius 2 is 1.94 bits per heavy atom. The zero-order valence-electron chi connectivity index (χ0n) is 18.4. The molecule has 1 saturated heterocycles. The van der Waals surface area contributed by atoms with E-state index < -0.39 is 0 Å². The van der Waals surface area contributed by atoms with Gasteiger partial charge in [0.25, 0.3) is 0 Å². The van der Waals surface area contributed by atoms with E-state index in [1.165, 1.54) is 28.7 Å². The summed E-state index contributed by atoms with van der Waals surface area (Å²) in [5.74, 6) is 1.30. The van der Waals surface area contributed by atoms with Crippen molar-refractivity contribution in [1.82, 2.24) is 20.3 Å². The first-order chi connectivity index (χ1) is 16.1. The second-order valence-electron chi connectivity index (χ2n) is 7.72. The van der Waals surface area contributed by atoms with E-state index in [0.717, 1.165) is 35.4 Å². The number of carbonyl (C=O) groups excluding carboxylic acids is 2. The summed E-state index contributed by atoms with van der Waals surface area (Å²) in [5, 5.41) is 15.7. The first-order valence-electron chi connectivity index (χ1n) is 10.8. The highest BCUT2D eigenvalue weighted by atomic mass is 32.2. The second kappa shape index (κ2) is 11.3. The minimum atomic E-state index is -0.176. The fourth-order valence-corrected chi connectivity index (χ4v) is 5.21. The molecule has 0 saturated carbocycles. The zero-order chi connectivity index (χ0) is 23.0. The highest BCUT2D eigenvalue weighted by Gasteiger charge is 2.23. The van der Waals surface area contributed by atoms with E-state index in [-0.39, 0.29) is 17.6 Å². The maximum Gasteiger partial charge on any atom is 0.236 e. The Balaban J connectivity index is 1.17. The Morgan fingerprint density at radius 3 is 2.67 bits per heavy atom. The Hall–Kier alpha value is -2.92. The van der Waals surface area contributed by atoms with Gasteiger partial charge in [-0.2, -0.15) is 0 Å². The summed E-state index contributed by atoms with van der Waals surface area (Å²) in [4.78, 5) is 28.7. The third-order valence-electron chi connectivity index (χ3n) is 5.22. The normalized spacial score (nSPS) is 13.8. The van der Waals surface area contributed by atoms with Crippen molar-refractivity contribution in [2.75, 3.05) is 42.1 Å². The molecule has 0 aliphatic carbocycles. The van der Waals surface area contributed by atoms with Crippen molar-refractivity contribution < 1.29 is 14.1 Å². The molecule has 9 nitrogen and oxygen atoms in total. The van der Waals surface area contributed by atoms with Crippen LogP contribution in [-0.4, -0.2) is 64.0 Å². The van der Waals surface area contributed by atoms with Crippen LogP contribution >= 0.6 is 23.1 Å². The predicted molar refractivity (Wildman–Crippen MR) is 129 cm³/mol. The molecule has 0 spiro atoms. The van der Waals surface area contributed by atoms with E-state index in [0.29, 0.717) is 31.1 Å². The second-order valence-corrected chi connectivity index (χ2v) is 9.90. The van der Waals surface area contributed by atoms with Gasteiger partial charge in [0.15, 0.2) is 10.2 Å². The number of aryl methyl sites for hydroxylation is 2. The number of rotatable bonds is 9. The van der Waals surface area contributed by atoms with E-state index in [2.05, 4.69) is 37.7 Å². The SMILES string of the molecule is Cc1cc(NC(=O)CSc2nnc(N3CCN(C(=O)CCCc4ccccc4)CC3)s2)no1. The van der Waals surface area contributed by atoms with Gasteiger partial charge in [0.2, 0.25) is 16.9 Å². The number of anilines is 2. The quantitative estimate of drug-likeness (QED) is 0.460. The van der Waals surface area contributed by atoms with Crippen molar-refractivity contribution in [1.29, 1.82) is 0 Å². The molecule has 1 aliphatic heterocycles. The summed E-state index contributed by atoms with van der Waals surface area (Å²) in [5.41, 5.74) is 1.27. The number of piperazine rings is 1. The topological polar surface area (TPSA) is 104 Å². The molecule has 3 aromatic rings. The van der Waals surface area contributed by atoms with E-state index in [1.807, 2.05) is 23.1 Å². The molecule has 3 heterocycles. The van der Waals surface area contributed by atoms with Gasteiger partial charge in [0.05, 0.1) is 5.75 Å². The average molecular weight is 487 g/mol. The van der Waals surface area contributed by atoms with Gasteiger partial charge in [-0.1, -0.05) is 58.6 Å².